The van der Waals surface area contributed by atoms with Crippen molar-refractivity contribution in [3.8, 4) is 0 Å². The van der Waals surface area contributed by atoms with E-state index in [0.29, 0.717) is 21.6 Å². The summed E-state index contributed by atoms with van der Waals surface area (Å²) in [6, 6.07) is 6.37. The van der Waals surface area contributed by atoms with Crippen LogP contribution in [0.1, 0.15) is 23.3 Å². The molecule has 19 heavy (non-hydrogen) atoms. The molecule has 1 aliphatic rings. The van der Waals surface area contributed by atoms with Crippen molar-refractivity contribution in [3.05, 3.63) is 45.2 Å². The van der Waals surface area contributed by atoms with E-state index in [1.165, 1.54) is 6.07 Å². The Labute approximate surface area is 115 Å². The van der Waals surface area contributed by atoms with Crippen molar-refractivity contribution in [2.24, 2.45) is 0 Å². The summed E-state index contributed by atoms with van der Waals surface area (Å²) in [5, 5.41) is 1.08. The van der Waals surface area contributed by atoms with Gasteiger partial charge in [-0.05, 0) is 31.0 Å². The molecule has 0 radical (unpaired) electrons. The number of rotatable bonds is 1. The first-order chi connectivity index (χ1) is 9.15. The molecule has 1 aliphatic heterocycles. The molecule has 1 amide bonds. The molecule has 3 rings (SSSR count). The van der Waals surface area contributed by atoms with Gasteiger partial charge in [0, 0.05) is 29.6 Å². The third-order valence-electron chi connectivity index (χ3n) is 3.42. The van der Waals surface area contributed by atoms with Gasteiger partial charge in [0.05, 0.1) is 5.52 Å². The fourth-order valence-electron chi connectivity index (χ4n) is 2.43. The summed E-state index contributed by atoms with van der Waals surface area (Å²) in [5.41, 5.74) is 0.775. The summed E-state index contributed by atoms with van der Waals surface area (Å²) in [5.74, 6) is -0.114. The normalized spacial score (nSPS) is 15.1. The second-order valence-corrected chi connectivity index (χ2v) is 5.17. The molecule has 4 nitrogen and oxygen atoms in total. The molecule has 0 saturated carbocycles. The average Bonchev–Trinajstić information content (AvgIpc) is 2.91. The molecule has 0 unspecified atom stereocenters. The largest absolute Gasteiger partial charge is 0.350 e. The molecular weight excluding hydrogens is 264 g/mol. The molecule has 0 spiro atoms. The highest BCUT2D eigenvalue weighted by atomic mass is 35.5. The van der Waals surface area contributed by atoms with Crippen molar-refractivity contribution >= 4 is 28.4 Å². The maximum absolute atomic E-state index is 12.3. The third kappa shape index (κ3) is 2.24. The van der Waals surface area contributed by atoms with Crippen LogP contribution in [0.3, 0.4) is 0 Å². The first kappa shape index (κ1) is 12.2. The van der Waals surface area contributed by atoms with Crippen molar-refractivity contribution in [3.63, 3.8) is 0 Å². The van der Waals surface area contributed by atoms with Gasteiger partial charge in [-0.2, -0.15) is 0 Å². The monoisotopic (exact) mass is 276 g/mol. The second kappa shape index (κ2) is 4.70. The van der Waals surface area contributed by atoms with Gasteiger partial charge in [-0.3, -0.25) is 9.59 Å². The number of amides is 1. The second-order valence-electron chi connectivity index (χ2n) is 4.74. The number of nitrogens with zero attached hydrogens (tertiary/aromatic N) is 1. The van der Waals surface area contributed by atoms with Crippen molar-refractivity contribution in [2.45, 2.75) is 12.8 Å². The van der Waals surface area contributed by atoms with E-state index in [0.717, 1.165) is 25.9 Å². The van der Waals surface area contributed by atoms with Gasteiger partial charge in [-0.15, -0.1) is 0 Å². The highest BCUT2D eigenvalue weighted by Crippen LogP contribution is 2.17. The molecule has 1 fully saturated rings. The third-order valence-corrected chi connectivity index (χ3v) is 3.65. The summed E-state index contributed by atoms with van der Waals surface area (Å²) in [6.45, 7) is 1.52. The number of nitrogens with one attached hydrogen (secondary N) is 1. The van der Waals surface area contributed by atoms with E-state index in [9.17, 15) is 9.59 Å². The topological polar surface area (TPSA) is 53.2 Å². The Hall–Kier alpha value is -1.81. The van der Waals surface area contributed by atoms with Crippen LogP contribution in [0.5, 0.6) is 0 Å². The van der Waals surface area contributed by atoms with Crippen molar-refractivity contribution in [1.29, 1.82) is 0 Å². The Balaban J connectivity index is 2.09. The standard InChI is InChI=1S/C14H13ClN2O2/c15-9-3-4-10-11(7-9)16-12(8-13(10)18)14(19)17-5-1-2-6-17/h3-4,7-8H,1-2,5-6H2,(H,16,18). The zero-order valence-electron chi connectivity index (χ0n) is 10.3. The van der Waals surface area contributed by atoms with Crippen LogP contribution < -0.4 is 5.43 Å². The van der Waals surface area contributed by atoms with E-state index in [1.54, 1.807) is 23.1 Å². The van der Waals surface area contributed by atoms with E-state index in [4.69, 9.17) is 11.6 Å². The lowest BCUT2D eigenvalue weighted by Gasteiger charge is -2.15. The number of aromatic nitrogens is 1. The van der Waals surface area contributed by atoms with Crippen LogP contribution in [0.25, 0.3) is 10.9 Å². The van der Waals surface area contributed by atoms with Crippen LogP contribution in [0.4, 0.5) is 0 Å². The highest BCUT2D eigenvalue weighted by molar-refractivity contribution is 6.31. The van der Waals surface area contributed by atoms with Crippen LogP contribution in [0.2, 0.25) is 5.02 Å². The van der Waals surface area contributed by atoms with Gasteiger partial charge in [-0.25, -0.2) is 0 Å². The number of hydrogen-bond donors (Lipinski definition) is 1. The Morgan fingerprint density at radius 3 is 2.68 bits per heavy atom. The smallest absolute Gasteiger partial charge is 0.270 e. The molecule has 2 aromatic rings. The van der Waals surface area contributed by atoms with Crippen LogP contribution in [-0.4, -0.2) is 28.9 Å². The minimum absolute atomic E-state index is 0.114. The number of fused-ring (bicyclic) bond motifs is 1. The Bertz CT molecular complexity index is 702. The molecule has 1 aromatic heterocycles. The number of pyridine rings is 1. The molecule has 0 aliphatic carbocycles. The lowest BCUT2D eigenvalue weighted by atomic mass is 10.2. The predicted octanol–water partition coefficient (Wildman–Crippen LogP) is 2.42. The van der Waals surface area contributed by atoms with Crippen molar-refractivity contribution in [2.75, 3.05) is 13.1 Å². The van der Waals surface area contributed by atoms with E-state index in [-0.39, 0.29) is 11.3 Å². The number of carbonyl (C=O) groups is 1. The van der Waals surface area contributed by atoms with Crippen LogP contribution in [0, 0.1) is 0 Å². The summed E-state index contributed by atoms with van der Waals surface area (Å²) < 4.78 is 0. The number of likely N-dealkylation sites (tertiary alicyclic amines) is 1. The van der Waals surface area contributed by atoms with E-state index < -0.39 is 0 Å². The Morgan fingerprint density at radius 2 is 1.95 bits per heavy atom. The molecule has 2 heterocycles. The van der Waals surface area contributed by atoms with Crippen molar-refractivity contribution in [1.82, 2.24) is 9.88 Å². The van der Waals surface area contributed by atoms with Gasteiger partial charge in [0.25, 0.3) is 5.91 Å². The molecule has 1 N–H and O–H groups in total. The van der Waals surface area contributed by atoms with Gasteiger partial charge in [0.1, 0.15) is 5.69 Å². The molecule has 1 saturated heterocycles. The van der Waals surface area contributed by atoms with Gasteiger partial charge < -0.3 is 9.88 Å². The zero-order chi connectivity index (χ0) is 13.4. The number of aromatic amines is 1. The first-order valence-electron chi connectivity index (χ1n) is 6.27. The quantitative estimate of drug-likeness (QED) is 0.870. The fourth-order valence-corrected chi connectivity index (χ4v) is 2.60. The molecule has 98 valence electrons. The Morgan fingerprint density at radius 1 is 1.21 bits per heavy atom. The maximum Gasteiger partial charge on any atom is 0.270 e. The Kier molecular flexibility index (Phi) is 3.03. The molecule has 5 heteroatoms. The number of halogens is 1. The van der Waals surface area contributed by atoms with Crippen molar-refractivity contribution < 1.29 is 4.79 Å². The highest BCUT2D eigenvalue weighted by Gasteiger charge is 2.20. The number of H-pyrrole nitrogens is 1. The van der Waals surface area contributed by atoms with Crippen LogP contribution in [0.15, 0.2) is 29.1 Å². The summed E-state index contributed by atoms with van der Waals surface area (Å²) in [6.07, 6.45) is 2.05. The summed E-state index contributed by atoms with van der Waals surface area (Å²) in [7, 11) is 0. The van der Waals surface area contributed by atoms with Gasteiger partial charge in [-0.1, -0.05) is 11.6 Å². The minimum Gasteiger partial charge on any atom is -0.350 e. The number of carbonyl (C=O) groups excluding carboxylic acids is 1. The maximum atomic E-state index is 12.3. The van der Waals surface area contributed by atoms with E-state index in [2.05, 4.69) is 4.98 Å². The van der Waals surface area contributed by atoms with E-state index in [1.807, 2.05) is 0 Å². The molecule has 0 bridgehead atoms. The van der Waals surface area contributed by atoms with Gasteiger partial charge >= 0.3 is 0 Å². The van der Waals surface area contributed by atoms with Crippen LogP contribution in [-0.2, 0) is 0 Å². The SMILES string of the molecule is O=C(c1cc(=O)c2ccc(Cl)cc2[nH]1)N1CCCC1. The van der Waals surface area contributed by atoms with Gasteiger partial charge in [0.15, 0.2) is 5.43 Å². The lowest BCUT2D eigenvalue weighted by molar-refractivity contribution is 0.0787. The van der Waals surface area contributed by atoms with E-state index >= 15 is 0 Å². The number of benzene rings is 1. The molecule has 1 aromatic carbocycles. The first-order valence-corrected chi connectivity index (χ1v) is 6.65. The average molecular weight is 277 g/mol. The minimum atomic E-state index is -0.159. The van der Waals surface area contributed by atoms with Gasteiger partial charge in [0.2, 0.25) is 0 Å². The fraction of sp³-hybridized carbons (Fsp3) is 0.286. The summed E-state index contributed by atoms with van der Waals surface area (Å²) in [4.78, 5) is 29.0. The van der Waals surface area contributed by atoms with Crippen LogP contribution >= 0.6 is 11.6 Å². The molecular formula is C14H13ClN2O2. The predicted molar refractivity (Wildman–Crippen MR) is 74.7 cm³/mol. The summed E-state index contributed by atoms with van der Waals surface area (Å²) >= 11 is 5.91. The number of hydrogen-bond acceptors (Lipinski definition) is 2. The lowest BCUT2D eigenvalue weighted by Crippen LogP contribution is -2.29. The zero-order valence-corrected chi connectivity index (χ0v) is 11.0. The molecule has 0 atom stereocenters.